The minimum Gasteiger partial charge on any atom is -0.504 e. The van der Waals surface area contributed by atoms with Crippen molar-refractivity contribution < 1.29 is 43.2 Å². The number of aryl methyl sites for hydroxylation is 1. The number of aliphatic hydroxyl groups excluding tert-OH is 1. The molecular formula is C35H45N5O9. The Labute approximate surface area is 286 Å². The molecule has 3 aliphatic heterocycles. The number of allylic oxidation sites excluding steroid dienone is 2. The van der Waals surface area contributed by atoms with Crippen LogP contribution in [-0.2, 0) is 30.3 Å². The van der Waals surface area contributed by atoms with E-state index in [0.717, 1.165) is 16.7 Å². The molecule has 2 amide bonds. The summed E-state index contributed by atoms with van der Waals surface area (Å²) < 4.78 is 22.5. The minimum atomic E-state index is -1.01. The number of nitrogens with zero attached hydrogens (tertiary/aromatic N) is 3. The van der Waals surface area contributed by atoms with Crippen molar-refractivity contribution in [3.63, 3.8) is 0 Å². The standard InChI is InChI=1S/C35H45N5O9/c1-16-10-19-11-21-23(13-36)40-22(27(39(21)7)25(19)32(31(16)47-9)48-15-46-8)12-20-26(30(43)29(42)17(2)28(20)41)24(40)14-37-33(44)18(3)38-34(45)49-35(4,5)6/h10,18,21-24,27,42H,11-12,14-15H2,1-9H3,(H,37,44)(H,38,45)/t18?,21?,22-,23-,24?,27?/m0/s1. The number of piperazine rings is 1. The molecule has 1 fully saturated rings. The number of likely N-dealkylation sites (N-methyl/N-ethyl adjacent to an activating group) is 1. The van der Waals surface area contributed by atoms with Crippen molar-refractivity contribution >= 4 is 23.6 Å². The van der Waals surface area contributed by atoms with Crippen molar-refractivity contribution in [1.29, 1.82) is 5.26 Å². The molecule has 1 aromatic rings. The number of fused-ring (bicyclic) bond motifs is 6. The Morgan fingerprint density at radius 1 is 1.12 bits per heavy atom. The lowest BCUT2D eigenvalue weighted by Crippen LogP contribution is -2.71. The van der Waals surface area contributed by atoms with Crippen molar-refractivity contribution in [2.45, 2.75) is 96.2 Å². The smallest absolute Gasteiger partial charge is 0.408 e. The summed E-state index contributed by atoms with van der Waals surface area (Å²) >= 11 is 0. The maximum Gasteiger partial charge on any atom is 0.408 e. The van der Waals surface area contributed by atoms with Gasteiger partial charge in [-0.1, -0.05) is 6.07 Å². The first-order valence-electron chi connectivity index (χ1n) is 16.3. The van der Waals surface area contributed by atoms with Crippen molar-refractivity contribution in [2.24, 2.45) is 0 Å². The second kappa shape index (κ2) is 13.5. The second-order valence-corrected chi connectivity index (χ2v) is 14.0. The van der Waals surface area contributed by atoms with Gasteiger partial charge >= 0.3 is 6.09 Å². The van der Waals surface area contributed by atoms with Gasteiger partial charge in [-0.25, -0.2) is 4.79 Å². The van der Waals surface area contributed by atoms with Gasteiger partial charge in [0.1, 0.15) is 17.7 Å². The number of alkyl carbamates (subject to hydrolysis) is 1. The summed E-state index contributed by atoms with van der Waals surface area (Å²) in [6.45, 7) is 9.71. The number of nitrogens with one attached hydrogen (secondary N) is 2. The van der Waals surface area contributed by atoms with Crippen molar-refractivity contribution in [3.05, 3.63) is 45.2 Å². The molecule has 0 aromatic heterocycles. The molecule has 14 nitrogen and oxygen atoms in total. The summed E-state index contributed by atoms with van der Waals surface area (Å²) in [5, 5.41) is 26.9. The van der Waals surface area contributed by atoms with Gasteiger partial charge < -0.3 is 34.7 Å². The second-order valence-electron chi connectivity index (χ2n) is 14.0. The highest BCUT2D eigenvalue weighted by atomic mass is 16.7. The monoisotopic (exact) mass is 679 g/mol. The zero-order valence-corrected chi connectivity index (χ0v) is 29.4. The lowest BCUT2D eigenvalue weighted by molar-refractivity contribution is -0.125. The Morgan fingerprint density at radius 3 is 2.43 bits per heavy atom. The van der Waals surface area contributed by atoms with Gasteiger partial charge in [-0.2, -0.15) is 5.26 Å². The van der Waals surface area contributed by atoms with Gasteiger partial charge in [0.2, 0.25) is 11.7 Å². The zero-order chi connectivity index (χ0) is 36.1. The molecule has 1 aromatic carbocycles. The van der Waals surface area contributed by atoms with E-state index >= 15 is 0 Å². The first-order valence-corrected chi connectivity index (χ1v) is 16.3. The van der Waals surface area contributed by atoms with Crippen LogP contribution in [0.1, 0.15) is 63.8 Å². The number of ketones is 2. The highest BCUT2D eigenvalue weighted by Gasteiger charge is 2.58. The number of Topliss-reactive ketones (excluding diaryl/α,β-unsaturated/α-hetero) is 2. The summed E-state index contributed by atoms with van der Waals surface area (Å²) in [5.74, 6) is -1.36. The van der Waals surface area contributed by atoms with Crippen LogP contribution in [0, 0.1) is 18.3 Å². The van der Waals surface area contributed by atoms with E-state index in [1.807, 2.05) is 24.9 Å². The summed E-state index contributed by atoms with van der Waals surface area (Å²) in [5.41, 5.74) is 2.11. The Morgan fingerprint density at radius 2 is 1.82 bits per heavy atom. The predicted molar refractivity (Wildman–Crippen MR) is 176 cm³/mol. The van der Waals surface area contributed by atoms with Gasteiger partial charge in [0.25, 0.3) is 0 Å². The number of rotatable bonds is 8. The highest BCUT2D eigenvalue weighted by Crippen LogP contribution is 2.54. The van der Waals surface area contributed by atoms with E-state index in [0.29, 0.717) is 17.9 Å². The van der Waals surface area contributed by atoms with Crippen molar-refractivity contribution in [3.8, 4) is 17.6 Å². The lowest BCUT2D eigenvalue weighted by Gasteiger charge is -2.60. The number of hydrogen-bond acceptors (Lipinski definition) is 12. The number of aliphatic hydroxyl groups is 1. The van der Waals surface area contributed by atoms with Crippen LogP contribution in [0.5, 0.6) is 11.5 Å². The summed E-state index contributed by atoms with van der Waals surface area (Å²) in [7, 11) is 5.01. The SMILES string of the molecule is COCOc1c(OC)c(C)cc2c1C1[C@@H]3CC4=C(C(=O)C(O)=C(C)C4=O)C(CNC(=O)C(C)NC(=O)OC(C)(C)C)N3[C@@H](C#N)C(C2)N1C. The molecule has 0 saturated carbocycles. The number of amides is 2. The Kier molecular flexibility index (Phi) is 9.84. The molecule has 3 N–H and O–H groups in total. The maximum absolute atomic E-state index is 13.8. The maximum atomic E-state index is 13.8. The molecule has 4 unspecified atom stereocenters. The molecule has 1 aliphatic carbocycles. The molecule has 49 heavy (non-hydrogen) atoms. The van der Waals surface area contributed by atoms with Gasteiger partial charge in [-0.05, 0) is 72.6 Å². The van der Waals surface area contributed by atoms with Crippen LogP contribution < -0.4 is 20.1 Å². The molecule has 1 saturated heterocycles. The van der Waals surface area contributed by atoms with Crippen LogP contribution in [0.25, 0.3) is 0 Å². The minimum absolute atomic E-state index is 0.0446. The van der Waals surface area contributed by atoms with Gasteiger partial charge in [0.05, 0.1) is 25.3 Å². The van der Waals surface area contributed by atoms with E-state index in [2.05, 4.69) is 21.6 Å². The predicted octanol–water partition coefficient (Wildman–Crippen LogP) is 2.54. The van der Waals surface area contributed by atoms with E-state index in [1.54, 1.807) is 27.9 Å². The van der Waals surface area contributed by atoms with Crippen LogP contribution >= 0.6 is 0 Å². The third-order valence-corrected chi connectivity index (χ3v) is 9.78. The van der Waals surface area contributed by atoms with Gasteiger partial charge in [0.15, 0.2) is 29.8 Å². The zero-order valence-electron chi connectivity index (χ0n) is 29.4. The van der Waals surface area contributed by atoms with E-state index in [-0.39, 0.29) is 42.5 Å². The van der Waals surface area contributed by atoms with Gasteiger partial charge in [-0.15, -0.1) is 0 Å². The highest BCUT2D eigenvalue weighted by molar-refractivity contribution is 6.24. The van der Waals surface area contributed by atoms with E-state index in [1.165, 1.54) is 21.0 Å². The molecular weight excluding hydrogens is 634 g/mol. The topological polar surface area (TPSA) is 180 Å². The molecule has 4 aliphatic rings. The quantitative estimate of drug-likeness (QED) is 0.271. The molecule has 0 spiro atoms. The summed E-state index contributed by atoms with van der Waals surface area (Å²) in [6, 6.07) is 0.460. The average Bonchev–Trinajstić information content (AvgIpc) is 3.03. The Bertz CT molecular complexity index is 1690. The van der Waals surface area contributed by atoms with Crippen LogP contribution in [0.3, 0.4) is 0 Å². The summed E-state index contributed by atoms with van der Waals surface area (Å²) in [6.07, 6.45) is -0.203. The van der Waals surface area contributed by atoms with Gasteiger partial charge in [0, 0.05) is 48.0 Å². The number of hydrogen-bond donors (Lipinski definition) is 3. The van der Waals surface area contributed by atoms with Gasteiger partial charge in [-0.3, -0.25) is 24.2 Å². The van der Waals surface area contributed by atoms with Crippen LogP contribution in [0.15, 0.2) is 28.5 Å². The Hall–Kier alpha value is -4.45. The van der Waals surface area contributed by atoms with Crippen molar-refractivity contribution in [1.82, 2.24) is 20.4 Å². The van der Waals surface area contributed by atoms with E-state index in [9.17, 15) is 29.5 Å². The number of carbonyl (C=O) groups is 4. The molecule has 0 radical (unpaired) electrons. The first kappa shape index (κ1) is 35.8. The van der Waals surface area contributed by atoms with Crippen LogP contribution in [0.2, 0.25) is 0 Å². The molecule has 3 heterocycles. The van der Waals surface area contributed by atoms with Crippen molar-refractivity contribution in [2.75, 3.05) is 34.6 Å². The molecule has 2 bridgehead atoms. The third-order valence-electron chi connectivity index (χ3n) is 9.78. The van der Waals surface area contributed by atoms with E-state index < -0.39 is 65.1 Å². The third kappa shape index (κ3) is 6.26. The van der Waals surface area contributed by atoms with Crippen LogP contribution in [0.4, 0.5) is 4.79 Å². The fourth-order valence-electron chi connectivity index (χ4n) is 7.71. The van der Waals surface area contributed by atoms with Crippen LogP contribution in [-0.4, -0.2) is 109 Å². The number of ether oxygens (including phenoxy) is 4. The summed E-state index contributed by atoms with van der Waals surface area (Å²) in [4.78, 5) is 57.3. The average molecular weight is 680 g/mol. The molecule has 6 atom stereocenters. The lowest BCUT2D eigenvalue weighted by atomic mass is 9.69. The fraction of sp³-hybridized carbons (Fsp3) is 0.571. The molecule has 264 valence electrons. The number of nitriles is 1. The first-order chi connectivity index (χ1) is 23.1. The fourth-order valence-corrected chi connectivity index (χ4v) is 7.71. The largest absolute Gasteiger partial charge is 0.504 e. The Balaban J connectivity index is 1.60. The number of benzene rings is 1. The van der Waals surface area contributed by atoms with E-state index in [4.69, 9.17) is 18.9 Å². The molecule has 5 rings (SSSR count). The number of methoxy groups -OCH3 is 2. The normalized spacial score (nSPS) is 25.8. The number of carbonyl (C=O) groups excluding carboxylic acids is 4. The molecule has 14 heteroatoms.